The van der Waals surface area contributed by atoms with Gasteiger partial charge in [0.1, 0.15) is 0 Å². The Bertz CT molecular complexity index is 617. The molecule has 0 fully saturated rings. The molecule has 104 valence electrons. The van der Waals surface area contributed by atoms with Gasteiger partial charge >= 0.3 is 0 Å². The second-order valence-electron chi connectivity index (χ2n) is 7.24. The standard InChI is InChI=1S/C18H24Si2/c1-19(2,3)20(4,16-10-6-7-11-16)18-14-13-15-9-5-8-12-17(15)18/h5-10,12-14,18H,11H2,1-4H3. The van der Waals surface area contributed by atoms with E-state index in [0.717, 1.165) is 0 Å². The maximum atomic E-state index is 2.65. The summed E-state index contributed by atoms with van der Waals surface area (Å²) in [4.78, 5) is 0. The topological polar surface area (TPSA) is 0 Å². The Kier molecular flexibility index (Phi) is 3.26. The molecule has 0 bridgehead atoms. The minimum atomic E-state index is -1.49. The van der Waals surface area contributed by atoms with Gasteiger partial charge in [0.05, 0.1) is 7.59 Å². The van der Waals surface area contributed by atoms with E-state index in [2.05, 4.69) is 80.8 Å². The Morgan fingerprint density at radius 2 is 1.80 bits per heavy atom. The van der Waals surface area contributed by atoms with E-state index in [9.17, 15) is 0 Å². The molecule has 2 heteroatoms. The Morgan fingerprint density at radius 1 is 1.05 bits per heavy atom. The van der Waals surface area contributed by atoms with Crippen molar-refractivity contribution in [2.75, 3.05) is 0 Å². The molecule has 0 aliphatic heterocycles. The number of rotatable bonds is 3. The molecule has 0 heterocycles. The van der Waals surface area contributed by atoms with Crippen LogP contribution >= 0.6 is 0 Å². The summed E-state index contributed by atoms with van der Waals surface area (Å²) < 4.78 is 0. The summed E-state index contributed by atoms with van der Waals surface area (Å²) in [5.74, 6) is 0. The number of fused-ring (bicyclic) bond motifs is 1. The molecule has 1 aromatic rings. The van der Waals surface area contributed by atoms with Crippen molar-refractivity contribution in [2.24, 2.45) is 0 Å². The van der Waals surface area contributed by atoms with E-state index in [1.807, 2.05) is 0 Å². The Hall–Kier alpha value is -1.13. The van der Waals surface area contributed by atoms with Gasteiger partial charge in [-0.25, -0.2) is 0 Å². The van der Waals surface area contributed by atoms with Gasteiger partial charge in [-0.05, 0) is 23.1 Å². The Labute approximate surface area is 124 Å². The third-order valence-electron chi connectivity index (χ3n) is 5.42. The zero-order valence-electron chi connectivity index (χ0n) is 13.0. The maximum absolute atomic E-state index is 2.65. The molecule has 0 saturated carbocycles. The fraction of sp³-hybridized carbons (Fsp3) is 0.333. The molecule has 3 rings (SSSR count). The molecule has 2 atom stereocenters. The van der Waals surface area contributed by atoms with Gasteiger partial charge in [-0.15, -0.1) is 0 Å². The van der Waals surface area contributed by atoms with E-state index in [-0.39, 0.29) is 0 Å². The Morgan fingerprint density at radius 3 is 2.45 bits per heavy atom. The molecule has 2 unspecified atom stereocenters. The SMILES string of the molecule is C[Si](C)(C)[Si](C)(C1=CC=CC1)C1C=Cc2ccccc21. The van der Waals surface area contributed by atoms with Crippen LogP contribution in [-0.4, -0.2) is 15.2 Å². The first kappa shape index (κ1) is 13.8. The molecule has 0 spiro atoms. The van der Waals surface area contributed by atoms with Crippen LogP contribution in [0.1, 0.15) is 23.1 Å². The number of hydrogen-bond donors (Lipinski definition) is 0. The highest BCUT2D eigenvalue weighted by molar-refractivity contribution is 7.44. The van der Waals surface area contributed by atoms with Gasteiger partial charge in [0.25, 0.3) is 0 Å². The molecule has 0 saturated heterocycles. The zero-order chi connectivity index (χ0) is 14.4. The maximum Gasteiger partial charge on any atom is 0.0832 e. The molecule has 0 aromatic heterocycles. The molecule has 0 radical (unpaired) electrons. The van der Waals surface area contributed by atoms with E-state index < -0.39 is 15.2 Å². The second-order valence-corrected chi connectivity index (χ2v) is 23.0. The first-order valence-corrected chi connectivity index (χ1v) is 14.7. The van der Waals surface area contributed by atoms with E-state index in [1.165, 1.54) is 12.0 Å². The number of benzene rings is 1. The highest BCUT2D eigenvalue weighted by Gasteiger charge is 2.50. The number of hydrogen-bond acceptors (Lipinski definition) is 0. The molecular weight excluding hydrogens is 272 g/mol. The van der Waals surface area contributed by atoms with Crippen molar-refractivity contribution in [3.63, 3.8) is 0 Å². The van der Waals surface area contributed by atoms with Crippen molar-refractivity contribution in [3.8, 4) is 0 Å². The summed E-state index contributed by atoms with van der Waals surface area (Å²) in [6.07, 6.45) is 13.1. The molecule has 2 aliphatic rings. The normalized spacial score (nSPS) is 23.6. The van der Waals surface area contributed by atoms with Gasteiger partial charge in [-0.2, -0.15) is 0 Å². The lowest BCUT2D eigenvalue weighted by Crippen LogP contribution is -2.60. The van der Waals surface area contributed by atoms with Crippen molar-refractivity contribution < 1.29 is 0 Å². The third kappa shape index (κ3) is 1.94. The van der Waals surface area contributed by atoms with Gasteiger partial charge in [0.15, 0.2) is 0 Å². The Balaban J connectivity index is 2.11. The monoisotopic (exact) mass is 296 g/mol. The van der Waals surface area contributed by atoms with E-state index in [0.29, 0.717) is 5.54 Å². The van der Waals surface area contributed by atoms with Crippen molar-refractivity contribution in [1.29, 1.82) is 0 Å². The average Bonchev–Trinajstić information content (AvgIpc) is 3.06. The van der Waals surface area contributed by atoms with Crippen LogP contribution in [-0.2, 0) is 0 Å². The van der Waals surface area contributed by atoms with Crippen LogP contribution in [0.15, 0.2) is 53.8 Å². The second kappa shape index (κ2) is 4.71. The van der Waals surface area contributed by atoms with Crippen LogP contribution in [0.25, 0.3) is 6.08 Å². The van der Waals surface area contributed by atoms with Crippen LogP contribution in [0.4, 0.5) is 0 Å². The van der Waals surface area contributed by atoms with Crippen LogP contribution in [0, 0.1) is 0 Å². The van der Waals surface area contributed by atoms with Gasteiger partial charge < -0.3 is 0 Å². The van der Waals surface area contributed by atoms with Crippen LogP contribution in [0.2, 0.25) is 26.2 Å². The summed E-state index contributed by atoms with van der Waals surface area (Å²) in [5.41, 5.74) is 3.70. The summed E-state index contributed by atoms with van der Waals surface area (Å²) >= 11 is 0. The van der Waals surface area contributed by atoms with Crippen molar-refractivity contribution in [2.45, 2.75) is 38.2 Å². The van der Waals surface area contributed by atoms with Gasteiger partial charge in [0, 0.05) is 7.59 Å². The third-order valence-corrected chi connectivity index (χ3v) is 23.2. The lowest BCUT2D eigenvalue weighted by Gasteiger charge is -2.45. The van der Waals surface area contributed by atoms with Gasteiger partial charge in [0.2, 0.25) is 0 Å². The molecular formula is C18H24Si2. The van der Waals surface area contributed by atoms with E-state index in [1.54, 1.807) is 10.8 Å². The predicted molar refractivity (Wildman–Crippen MR) is 95.0 cm³/mol. The van der Waals surface area contributed by atoms with Gasteiger partial charge in [-0.3, -0.25) is 0 Å². The molecule has 0 amide bonds. The largest absolute Gasteiger partial charge is 0.0832 e. The summed E-state index contributed by atoms with van der Waals surface area (Å²) in [6.45, 7) is 10.4. The molecule has 20 heavy (non-hydrogen) atoms. The van der Waals surface area contributed by atoms with Crippen LogP contribution in [0.3, 0.4) is 0 Å². The van der Waals surface area contributed by atoms with Crippen molar-refractivity contribution >= 4 is 21.3 Å². The molecule has 0 nitrogen and oxygen atoms in total. The summed E-state index contributed by atoms with van der Waals surface area (Å²) in [5, 5.41) is 1.77. The fourth-order valence-electron chi connectivity index (χ4n) is 3.73. The highest BCUT2D eigenvalue weighted by atomic mass is 29.3. The first-order valence-electron chi connectivity index (χ1n) is 7.58. The predicted octanol–water partition coefficient (Wildman–Crippen LogP) is 5.26. The fourth-order valence-corrected chi connectivity index (χ4v) is 15.4. The summed E-state index contributed by atoms with van der Waals surface area (Å²) in [7, 11) is -2.72. The van der Waals surface area contributed by atoms with Crippen LogP contribution in [0.5, 0.6) is 0 Å². The average molecular weight is 297 g/mol. The molecule has 1 aromatic carbocycles. The smallest absolute Gasteiger partial charge is 0.0809 e. The first-order chi connectivity index (χ1) is 9.44. The van der Waals surface area contributed by atoms with Crippen molar-refractivity contribution in [1.82, 2.24) is 0 Å². The summed E-state index contributed by atoms with van der Waals surface area (Å²) in [6, 6.07) is 9.00. The lowest BCUT2D eigenvalue weighted by molar-refractivity contribution is 1.16. The highest BCUT2D eigenvalue weighted by Crippen LogP contribution is 2.46. The van der Waals surface area contributed by atoms with E-state index >= 15 is 0 Å². The molecule has 0 N–H and O–H groups in total. The van der Waals surface area contributed by atoms with Gasteiger partial charge in [-0.1, -0.05) is 86.0 Å². The lowest BCUT2D eigenvalue weighted by atomic mass is 10.1. The quantitative estimate of drug-likeness (QED) is 0.668. The van der Waals surface area contributed by atoms with E-state index in [4.69, 9.17) is 0 Å². The minimum absolute atomic E-state index is 0.677. The van der Waals surface area contributed by atoms with Crippen LogP contribution < -0.4 is 0 Å². The number of allylic oxidation sites excluding steroid dienone is 5. The minimum Gasteiger partial charge on any atom is -0.0809 e. The molecule has 2 aliphatic carbocycles. The zero-order valence-corrected chi connectivity index (χ0v) is 15.0. The van der Waals surface area contributed by atoms with Crippen molar-refractivity contribution in [3.05, 3.63) is 64.9 Å².